The van der Waals surface area contributed by atoms with E-state index < -0.39 is 17.7 Å². The molecule has 0 atom stereocenters. The second-order valence-electron chi connectivity index (χ2n) is 5.25. The number of carbonyl (C=O) groups excluding carboxylic acids is 1. The van der Waals surface area contributed by atoms with Gasteiger partial charge in [0.25, 0.3) is 5.56 Å². The number of benzene rings is 1. The van der Waals surface area contributed by atoms with E-state index in [-0.39, 0.29) is 29.7 Å². The fraction of sp³-hybridized carbons (Fsp3) is 0.294. The van der Waals surface area contributed by atoms with Crippen LogP contribution in [0.3, 0.4) is 0 Å². The Balaban J connectivity index is 2.31. The number of aromatic nitrogens is 1. The van der Waals surface area contributed by atoms with E-state index in [1.165, 1.54) is 18.2 Å². The molecule has 0 aliphatic rings. The molecule has 128 valence electrons. The van der Waals surface area contributed by atoms with Crippen LogP contribution in [0.2, 0.25) is 0 Å². The summed E-state index contributed by atoms with van der Waals surface area (Å²) < 4.78 is 42.6. The molecule has 24 heavy (non-hydrogen) atoms. The molecule has 0 spiro atoms. The van der Waals surface area contributed by atoms with Crippen LogP contribution in [0.1, 0.15) is 39.7 Å². The second kappa shape index (κ2) is 6.90. The molecule has 0 amide bonds. The van der Waals surface area contributed by atoms with Gasteiger partial charge in [0.15, 0.2) is 0 Å². The number of hydrogen-bond acceptors (Lipinski definition) is 3. The summed E-state index contributed by atoms with van der Waals surface area (Å²) >= 11 is 0. The third kappa shape index (κ3) is 4.04. The SMILES string of the molecule is CCOC(=O)c1cc(Cc2ccc(C(F)(F)F)cc2)c(=O)[nH]c1C. The quantitative estimate of drug-likeness (QED) is 0.868. The van der Waals surface area contributed by atoms with Crippen LogP contribution in [0.4, 0.5) is 13.2 Å². The average Bonchev–Trinajstić information content (AvgIpc) is 2.49. The highest BCUT2D eigenvalue weighted by molar-refractivity contribution is 5.90. The zero-order chi connectivity index (χ0) is 17.9. The molecule has 0 aliphatic heterocycles. The van der Waals surface area contributed by atoms with Crippen LogP contribution in [0.25, 0.3) is 0 Å². The molecular formula is C17H16F3NO3. The lowest BCUT2D eigenvalue weighted by Gasteiger charge is -2.09. The number of aromatic amines is 1. The Morgan fingerprint density at radius 2 is 1.83 bits per heavy atom. The summed E-state index contributed by atoms with van der Waals surface area (Å²) in [5.74, 6) is -0.556. The van der Waals surface area contributed by atoms with Crippen molar-refractivity contribution in [3.8, 4) is 0 Å². The van der Waals surface area contributed by atoms with Crippen molar-refractivity contribution in [1.82, 2.24) is 4.98 Å². The molecule has 0 bridgehead atoms. The van der Waals surface area contributed by atoms with Gasteiger partial charge in [0.05, 0.1) is 17.7 Å². The minimum Gasteiger partial charge on any atom is -0.462 e. The van der Waals surface area contributed by atoms with E-state index in [0.29, 0.717) is 11.3 Å². The minimum atomic E-state index is -4.41. The number of alkyl halides is 3. The number of pyridine rings is 1. The Hall–Kier alpha value is -2.57. The first-order valence-electron chi connectivity index (χ1n) is 7.28. The number of carbonyl (C=O) groups is 1. The van der Waals surface area contributed by atoms with Gasteiger partial charge in [0.1, 0.15) is 0 Å². The lowest BCUT2D eigenvalue weighted by Crippen LogP contribution is -2.19. The van der Waals surface area contributed by atoms with Crippen molar-refractivity contribution in [3.05, 3.63) is 68.6 Å². The molecule has 4 nitrogen and oxygen atoms in total. The monoisotopic (exact) mass is 339 g/mol. The van der Waals surface area contributed by atoms with Crippen LogP contribution in [0.5, 0.6) is 0 Å². The van der Waals surface area contributed by atoms with Gasteiger partial charge >= 0.3 is 12.1 Å². The van der Waals surface area contributed by atoms with Crippen molar-refractivity contribution in [2.75, 3.05) is 6.61 Å². The molecular weight excluding hydrogens is 323 g/mol. The van der Waals surface area contributed by atoms with Crippen molar-refractivity contribution < 1.29 is 22.7 Å². The molecule has 2 aromatic rings. The normalized spacial score (nSPS) is 11.4. The first-order valence-corrected chi connectivity index (χ1v) is 7.28. The number of H-pyrrole nitrogens is 1. The number of halogens is 3. The maximum Gasteiger partial charge on any atom is 0.416 e. The van der Waals surface area contributed by atoms with Gasteiger partial charge in [-0.2, -0.15) is 13.2 Å². The molecule has 0 radical (unpaired) electrons. The lowest BCUT2D eigenvalue weighted by atomic mass is 10.0. The summed E-state index contributed by atoms with van der Waals surface area (Å²) in [6.07, 6.45) is -4.29. The topological polar surface area (TPSA) is 59.2 Å². The molecule has 0 aliphatic carbocycles. The molecule has 0 saturated heterocycles. The second-order valence-corrected chi connectivity index (χ2v) is 5.25. The maximum absolute atomic E-state index is 12.6. The van der Waals surface area contributed by atoms with Crippen LogP contribution >= 0.6 is 0 Å². The predicted molar refractivity (Wildman–Crippen MR) is 82.0 cm³/mol. The Morgan fingerprint density at radius 1 is 1.21 bits per heavy atom. The Bertz CT molecular complexity index is 792. The molecule has 0 unspecified atom stereocenters. The number of rotatable bonds is 4. The first kappa shape index (κ1) is 17.8. The van der Waals surface area contributed by atoms with Crippen molar-refractivity contribution in [1.29, 1.82) is 0 Å². The zero-order valence-corrected chi connectivity index (χ0v) is 13.2. The lowest BCUT2D eigenvalue weighted by molar-refractivity contribution is -0.137. The van der Waals surface area contributed by atoms with Gasteiger partial charge in [-0.05, 0) is 37.6 Å². The standard InChI is InChI=1S/C17H16F3NO3/c1-3-24-16(23)14-9-12(15(22)21-10(14)2)8-11-4-6-13(7-5-11)17(18,19)20/h4-7,9H,3,8H2,1-2H3,(H,21,22). The van der Waals surface area contributed by atoms with Crippen molar-refractivity contribution >= 4 is 5.97 Å². The summed E-state index contributed by atoms with van der Waals surface area (Å²) in [7, 11) is 0. The molecule has 0 saturated carbocycles. The van der Waals surface area contributed by atoms with Crippen LogP contribution in [-0.4, -0.2) is 17.6 Å². The van der Waals surface area contributed by atoms with E-state index in [2.05, 4.69) is 4.98 Å². The van der Waals surface area contributed by atoms with E-state index in [4.69, 9.17) is 4.74 Å². The minimum absolute atomic E-state index is 0.111. The van der Waals surface area contributed by atoms with Gasteiger partial charge in [-0.25, -0.2) is 4.79 Å². The van der Waals surface area contributed by atoms with Gasteiger partial charge in [-0.15, -0.1) is 0 Å². The summed E-state index contributed by atoms with van der Waals surface area (Å²) in [6.45, 7) is 3.45. The number of hydrogen-bond donors (Lipinski definition) is 1. The number of ether oxygens (including phenoxy) is 1. The van der Waals surface area contributed by atoms with E-state index in [1.807, 2.05) is 0 Å². The predicted octanol–water partition coefficient (Wildman–Crippen LogP) is 3.47. The highest BCUT2D eigenvalue weighted by Gasteiger charge is 2.29. The summed E-state index contributed by atoms with van der Waals surface area (Å²) in [4.78, 5) is 26.4. The van der Waals surface area contributed by atoms with E-state index >= 15 is 0 Å². The van der Waals surface area contributed by atoms with Gasteiger partial charge in [0.2, 0.25) is 0 Å². The summed E-state index contributed by atoms with van der Waals surface area (Å²) in [6, 6.07) is 5.97. The third-order valence-corrected chi connectivity index (χ3v) is 3.49. The van der Waals surface area contributed by atoms with Crippen molar-refractivity contribution in [2.24, 2.45) is 0 Å². The molecule has 1 N–H and O–H groups in total. The number of aryl methyl sites for hydroxylation is 1. The van der Waals surface area contributed by atoms with E-state index in [0.717, 1.165) is 12.1 Å². The van der Waals surface area contributed by atoms with Gasteiger partial charge < -0.3 is 9.72 Å². The first-order chi connectivity index (χ1) is 11.2. The van der Waals surface area contributed by atoms with Crippen molar-refractivity contribution in [2.45, 2.75) is 26.4 Å². The third-order valence-electron chi connectivity index (χ3n) is 3.49. The fourth-order valence-electron chi connectivity index (χ4n) is 2.25. The number of esters is 1. The van der Waals surface area contributed by atoms with Crippen LogP contribution in [0.15, 0.2) is 35.1 Å². The Labute approximate surface area is 136 Å². The van der Waals surface area contributed by atoms with Crippen molar-refractivity contribution in [3.63, 3.8) is 0 Å². The van der Waals surface area contributed by atoms with Crippen LogP contribution in [0, 0.1) is 6.92 Å². The summed E-state index contributed by atoms with van der Waals surface area (Å²) in [5.41, 5.74) is 0.292. The molecule has 1 aromatic carbocycles. The maximum atomic E-state index is 12.6. The highest BCUT2D eigenvalue weighted by atomic mass is 19.4. The average molecular weight is 339 g/mol. The van der Waals surface area contributed by atoms with Gasteiger partial charge in [-0.3, -0.25) is 4.79 Å². The van der Waals surface area contributed by atoms with E-state index in [9.17, 15) is 22.8 Å². The molecule has 1 heterocycles. The molecule has 2 rings (SSSR count). The highest BCUT2D eigenvalue weighted by Crippen LogP contribution is 2.29. The fourth-order valence-corrected chi connectivity index (χ4v) is 2.25. The van der Waals surface area contributed by atoms with E-state index in [1.54, 1.807) is 13.8 Å². The Kier molecular flexibility index (Phi) is 5.11. The van der Waals surface area contributed by atoms with Crippen LogP contribution in [-0.2, 0) is 17.3 Å². The smallest absolute Gasteiger partial charge is 0.416 e. The van der Waals surface area contributed by atoms with Crippen LogP contribution < -0.4 is 5.56 Å². The molecule has 0 fully saturated rings. The largest absolute Gasteiger partial charge is 0.462 e. The number of nitrogens with one attached hydrogen (secondary N) is 1. The Morgan fingerprint density at radius 3 is 2.38 bits per heavy atom. The molecule has 7 heteroatoms. The summed E-state index contributed by atoms with van der Waals surface area (Å²) in [5, 5.41) is 0. The zero-order valence-electron chi connectivity index (χ0n) is 13.2. The molecule has 1 aromatic heterocycles. The van der Waals surface area contributed by atoms with Gasteiger partial charge in [-0.1, -0.05) is 12.1 Å². The van der Waals surface area contributed by atoms with Gasteiger partial charge in [0, 0.05) is 17.7 Å².